The van der Waals surface area contributed by atoms with Crippen LogP contribution >= 0.6 is 0 Å². The minimum absolute atomic E-state index is 0.461. The molecule has 0 spiro atoms. The maximum Gasteiger partial charge on any atom is 0.159 e. The second kappa shape index (κ2) is 7.38. The lowest BCUT2D eigenvalue weighted by Gasteiger charge is -2.16. The molecule has 0 heterocycles. The van der Waals surface area contributed by atoms with Crippen LogP contribution in [-0.4, -0.2) is 12.6 Å². The van der Waals surface area contributed by atoms with Gasteiger partial charge in [0, 0.05) is 6.04 Å². The third kappa shape index (κ3) is 4.82. The quantitative estimate of drug-likeness (QED) is 0.768. The highest BCUT2D eigenvalue weighted by Crippen LogP contribution is 2.12. The minimum Gasteiger partial charge on any atom is -0.314 e. The first-order valence-electron chi connectivity index (χ1n) is 6.34. The van der Waals surface area contributed by atoms with Crippen molar-refractivity contribution in [3.8, 4) is 0 Å². The predicted molar refractivity (Wildman–Crippen MR) is 67.1 cm³/mol. The first-order valence-corrected chi connectivity index (χ1v) is 6.34. The lowest BCUT2D eigenvalue weighted by molar-refractivity contribution is 0.466. The summed E-state index contributed by atoms with van der Waals surface area (Å²) in [6.07, 6.45) is 3.92. The summed E-state index contributed by atoms with van der Waals surface area (Å²) >= 11 is 0. The Morgan fingerprint density at radius 3 is 2.53 bits per heavy atom. The molecule has 1 aromatic rings. The lowest BCUT2D eigenvalue weighted by atomic mass is 10.0. The van der Waals surface area contributed by atoms with Crippen molar-refractivity contribution in [3.63, 3.8) is 0 Å². The zero-order valence-electron chi connectivity index (χ0n) is 10.6. The normalized spacial score (nSPS) is 12.7. The van der Waals surface area contributed by atoms with Gasteiger partial charge in [-0.05, 0) is 49.9 Å². The van der Waals surface area contributed by atoms with Crippen molar-refractivity contribution in [2.24, 2.45) is 0 Å². The Morgan fingerprint density at radius 2 is 1.94 bits per heavy atom. The number of aryl methyl sites for hydroxylation is 1. The third-order valence-electron chi connectivity index (χ3n) is 2.94. The van der Waals surface area contributed by atoms with Crippen LogP contribution in [0.1, 0.15) is 38.7 Å². The topological polar surface area (TPSA) is 12.0 Å². The summed E-state index contributed by atoms with van der Waals surface area (Å²) in [6.45, 7) is 5.28. The van der Waals surface area contributed by atoms with E-state index in [9.17, 15) is 8.78 Å². The molecule has 1 unspecified atom stereocenters. The molecule has 0 fully saturated rings. The number of halogens is 2. The smallest absolute Gasteiger partial charge is 0.159 e. The Balaban J connectivity index is 2.45. The molecule has 1 rings (SSSR count). The van der Waals surface area contributed by atoms with Gasteiger partial charge in [-0.3, -0.25) is 0 Å². The van der Waals surface area contributed by atoms with E-state index < -0.39 is 11.6 Å². The zero-order valence-corrected chi connectivity index (χ0v) is 10.6. The molecule has 0 aliphatic carbocycles. The van der Waals surface area contributed by atoms with Crippen molar-refractivity contribution in [1.82, 2.24) is 5.32 Å². The van der Waals surface area contributed by atoms with Gasteiger partial charge in [-0.25, -0.2) is 8.78 Å². The van der Waals surface area contributed by atoms with Gasteiger partial charge in [0.05, 0.1) is 0 Å². The van der Waals surface area contributed by atoms with E-state index in [2.05, 4.69) is 19.2 Å². The Labute approximate surface area is 102 Å². The van der Waals surface area contributed by atoms with Crippen molar-refractivity contribution in [2.45, 2.75) is 45.6 Å². The van der Waals surface area contributed by atoms with Crippen LogP contribution in [0.5, 0.6) is 0 Å². The summed E-state index contributed by atoms with van der Waals surface area (Å²) in [4.78, 5) is 0. The summed E-state index contributed by atoms with van der Waals surface area (Å²) < 4.78 is 25.7. The molecule has 0 amide bonds. The number of benzene rings is 1. The molecule has 1 atom stereocenters. The Bertz CT molecular complexity index is 339. The van der Waals surface area contributed by atoms with E-state index >= 15 is 0 Å². The number of nitrogens with one attached hydrogen (secondary N) is 1. The molecule has 0 aliphatic heterocycles. The summed E-state index contributed by atoms with van der Waals surface area (Å²) in [6, 6.07) is 4.61. The summed E-state index contributed by atoms with van der Waals surface area (Å²) in [5.41, 5.74) is 0.862. The van der Waals surface area contributed by atoms with Crippen LogP contribution in [-0.2, 0) is 6.42 Å². The van der Waals surface area contributed by atoms with Gasteiger partial charge in [0.2, 0.25) is 0 Å². The lowest BCUT2D eigenvalue weighted by Crippen LogP contribution is -2.29. The van der Waals surface area contributed by atoms with Gasteiger partial charge in [0.15, 0.2) is 11.6 Å². The van der Waals surface area contributed by atoms with Gasteiger partial charge in [0.1, 0.15) is 0 Å². The van der Waals surface area contributed by atoms with Gasteiger partial charge in [-0.2, -0.15) is 0 Å². The molecular weight excluding hydrogens is 220 g/mol. The van der Waals surface area contributed by atoms with Crippen molar-refractivity contribution in [2.75, 3.05) is 6.54 Å². The largest absolute Gasteiger partial charge is 0.314 e. The summed E-state index contributed by atoms with van der Waals surface area (Å²) in [5.74, 6) is -1.53. The highest BCUT2D eigenvalue weighted by molar-refractivity contribution is 5.17. The van der Waals surface area contributed by atoms with Gasteiger partial charge in [0.25, 0.3) is 0 Å². The van der Waals surface area contributed by atoms with Crippen molar-refractivity contribution in [3.05, 3.63) is 35.4 Å². The minimum atomic E-state index is -0.773. The van der Waals surface area contributed by atoms with E-state index in [1.807, 2.05) is 0 Å². The Kier molecular flexibility index (Phi) is 6.12. The molecule has 0 saturated carbocycles. The van der Waals surface area contributed by atoms with Crippen LogP contribution in [0.15, 0.2) is 18.2 Å². The maximum atomic E-state index is 13.0. The monoisotopic (exact) mass is 241 g/mol. The van der Waals surface area contributed by atoms with Crippen LogP contribution < -0.4 is 5.32 Å². The Morgan fingerprint density at radius 1 is 1.18 bits per heavy atom. The highest BCUT2D eigenvalue weighted by Gasteiger charge is 2.07. The first kappa shape index (κ1) is 14.1. The van der Waals surface area contributed by atoms with Gasteiger partial charge < -0.3 is 5.32 Å². The molecule has 0 saturated heterocycles. The average Bonchev–Trinajstić information content (AvgIpc) is 2.34. The van der Waals surface area contributed by atoms with E-state index in [1.165, 1.54) is 12.1 Å². The van der Waals surface area contributed by atoms with Crippen LogP contribution in [0.4, 0.5) is 8.78 Å². The molecule has 17 heavy (non-hydrogen) atoms. The average molecular weight is 241 g/mol. The first-order chi connectivity index (χ1) is 8.17. The fourth-order valence-corrected chi connectivity index (χ4v) is 1.84. The van der Waals surface area contributed by atoms with Crippen LogP contribution in [0.3, 0.4) is 0 Å². The van der Waals surface area contributed by atoms with Gasteiger partial charge in [-0.15, -0.1) is 0 Å². The van der Waals surface area contributed by atoms with Crippen LogP contribution in [0, 0.1) is 11.6 Å². The van der Waals surface area contributed by atoms with E-state index in [0.29, 0.717) is 6.04 Å². The molecule has 0 radical (unpaired) electrons. The van der Waals surface area contributed by atoms with Crippen molar-refractivity contribution >= 4 is 0 Å². The number of rotatable bonds is 7. The van der Waals surface area contributed by atoms with E-state index in [1.54, 1.807) is 6.07 Å². The molecule has 96 valence electrons. The molecule has 0 aromatic heterocycles. The highest BCUT2D eigenvalue weighted by atomic mass is 19.2. The molecule has 0 aliphatic rings. The molecule has 3 heteroatoms. The molecule has 1 nitrogen and oxygen atoms in total. The zero-order chi connectivity index (χ0) is 12.7. The van der Waals surface area contributed by atoms with E-state index in [-0.39, 0.29) is 0 Å². The van der Waals surface area contributed by atoms with E-state index in [4.69, 9.17) is 0 Å². The second-order valence-corrected chi connectivity index (χ2v) is 4.35. The molecule has 1 N–H and O–H groups in total. The number of hydrogen-bond acceptors (Lipinski definition) is 1. The SMILES string of the molecule is CCCNC(CC)CCc1ccc(F)c(F)c1. The fraction of sp³-hybridized carbons (Fsp3) is 0.571. The van der Waals surface area contributed by atoms with E-state index in [0.717, 1.165) is 37.8 Å². The van der Waals surface area contributed by atoms with Gasteiger partial charge in [-0.1, -0.05) is 19.9 Å². The second-order valence-electron chi connectivity index (χ2n) is 4.35. The van der Waals surface area contributed by atoms with Crippen molar-refractivity contribution in [1.29, 1.82) is 0 Å². The fourth-order valence-electron chi connectivity index (χ4n) is 1.84. The van der Waals surface area contributed by atoms with Crippen LogP contribution in [0.25, 0.3) is 0 Å². The molecule has 0 bridgehead atoms. The Hall–Kier alpha value is -0.960. The number of hydrogen-bond donors (Lipinski definition) is 1. The third-order valence-corrected chi connectivity index (χ3v) is 2.94. The molecular formula is C14H21F2N. The standard InChI is InChI=1S/C14H21F2N/c1-3-9-17-12(4-2)7-5-11-6-8-13(15)14(16)10-11/h6,8,10,12,17H,3-5,7,9H2,1-2H3. The van der Waals surface area contributed by atoms with Crippen molar-refractivity contribution < 1.29 is 8.78 Å². The summed E-state index contributed by atoms with van der Waals surface area (Å²) in [5, 5.41) is 3.45. The summed E-state index contributed by atoms with van der Waals surface area (Å²) in [7, 11) is 0. The van der Waals surface area contributed by atoms with Gasteiger partial charge >= 0.3 is 0 Å². The predicted octanol–water partition coefficient (Wildman–Crippen LogP) is 3.68. The molecule has 1 aromatic carbocycles. The maximum absolute atomic E-state index is 13.0. The van der Waals surface area contributed by atoms with Crippen LogP contribution in [0.2, 0.25) is 0 Å².